The third-order valence-corrected chi connectivity index (χ3v) is 2.72. The molecule has 0 fully saturated rings. The van der Waals surface area contributed by atoms with E-state index in [0.29, 0.717) is 0 Å². The minimum Gasteiger partial charge on any atom is -0.324 e. The Morgan fingerprint density at radius 1 is 1.57 bits per heavy atom. The molecule has 0 unspecified atom stereocenters. The van der Waals surface area contributed by atoms with Gasteiger partial charge in [-0.05, 0) is 28.4 Å². The van der Waals surface area contributed by atoms with E-state index in [0.717, 1.165) is 16.6 Å². The van der Waals surface area contributed by atoms with Gasteiger partial charge in [0.25, 0.3) is 0 Å². The van der Waals surface area contributed by atoms with Gasteiger partial charge in [0.05, 0.1) is 0 Å². The van der Waals surface area contributed by atoms with E-state index >= 15 is 0 Å². The summed E-state index contributed by atoms with van der Waals surface area (Å²) in [5, 5.41) is 0. The maximum absolute atomic E-state index is 6.01. The van der Waals surface area contributed by atoms with Gasteiger partial charge in [0.15, 0.2) is 0 Å². The van der Waals surface area contributed by atoms with Crippen LogP contribution in [0.15, 0.2) is 22.9 Å². The van der Waals surface area contributed by atoms with E-state index < -0.39 is 0 Å². The Morgan fingerprint density at radius 2 is 2.29 bits per heavy atom. The summed E-state index contributed by atoms with van der Waals surface area (Å²) in [6.45, 7) is 2.17. The van der Waals surface area contributed by atoms with E-state index in [4.69, 9.17) is 5.73 Å². The summed E-state index contributed by atoms with van der Waals surface area (Å²) in [5.41, 5.74) is 7.12. The zero-order valence-corrected chi connectivity index (χ0v) is 10.6. The molecule has 1 atom stereocenters. The summed E-state index contributed by atoms with van der Waals surface area (Å²) in [4.78, 5) is 4.14. The second-order valence-corrected chi connectivity index (χ2v) is 3.88. The van der Waals surface area contributed by atoms with Crippen molar-refractivity contribution >= 4 is 28.3 Å². The molecule has 0 saturated carbocycles. The first-order chi connectivity index (χ1) is 6.25. The predicted molar refractivity (Wildman–Crippen MR) is 65.6 cm³/mol. The van der Waals surface area contributed by atoms with Crippen molar-refractivity contribution in [3.63, 3.8) is 0 Å². The first-order valence-electron chi connectivity index (χ1n) is 4.61. The summed E-state index contributed by atoms with van der Waals surface area (Å²) < 4.78 is 0.874. The monoisotopic (exact) mass is 278 g/mol. The molecule has 0 aliphatic heterocycles. The molecule has 1 aromatic heterocycles. The van der Waals surface area contributed by atoms with Crippen molar-refractivity contribution in [2.24, 2.45) is 5.73 Å². The van der Waals surface area contributed by atoms with Gasteiger partial charge in [-0.3, -0.25) is 0 Å². The quantitative estimate of drug-likeness (QED) is 0.857. The van der Waals surface area contributed by atoms with Gasteiger partial charge in [-0.25, -0.2) is 4.98 Å². The Labute approximate surface area is 99.8 Å². The Morgan fingerprint density at radius 3 is 2.86 bits per heavy atom. The smallest absolute Gasteiger partial charge is 0.110 e. The summed E-state index contributed by atoms with van der Waals surface area (Å²) >= 11 is 3.40. The van der Waals surface area contributed by atoms with Gasteiger partial charge in [0.1, 0.15) is 4.60 Å². The number of hydrogen-bond acceptors (Lipinski definition) is 2. The predicted octanol–water partition coefficient (Wildman–Crippen LogP) is 3.46. The molecule has 0 saturated heterocycles. The highest BCUT2D eigenvalue weighted by Gasteiger charge is 2.08. The van der Waals surface area contributed by atoms with E-state index in [1.807, 2.05) is 12.1 Å². The minimum absolute atomic E-state index is 0. The van der Waals surface area contributed by atoms with Crippen LogP contribution in [0.4, 0.5) is 0 Å². The average Bonchev–Trinajstić information content (AvgIpc) is 2.15. The Kier molecular flexibility index (Phi) is 7.15. The van der Waals surface area contributed by atoms with Crippen molar-refractivity contribution in [2.45, 2.75) is 32.2 Å². The van der Waals surface area contributed by atoms with Crippen LogP contribution in [0.3, 0.4) is 0 Å². The van der Waals surface area contributed by atoms with Crippen LogP contribution in [0.2, 0.25) is 0 Å². The Bertz CT molecular complexity index is 268. The largest absolute Gasteiger partial charge is 0.324 e. The number of rotatable bonds is 4. The molecule has 1 rings (SSSR count). The molecular formula is C10H16BrClN2. The lowest BCUT2D eigenvalue weighted by atomic mass is 10.0. The third kappa shape index (κ3) is 3.95. The Hall–Kier alpha value is -0.120. The summed E-state index contributed by atoms with van der Waals surface area (Å²) in [6, 6.07) is 4.06. The van der Waals surface area contributed by atoms with Gasteiger partial charge < -0.3 is 5.73 Å². The van der Waals surface area contributed by atoms with E-state index in [2.05, 4.69) is 27.8 Å². The molecule has 0 radical (unpaired) electrons. The van der Waals surface area contributed by atoms with Crippen LogP contribution < -0.4 is 5.73 Å². The highest BCUT2D eigenvalue weighted by molar-refractivity contribution is 9.10. The van der Waals surface area contributed by atoms with Crippen LogP contribution in [-0.4, -0.2) is 4.98 Å². The topological polar surface area (TPSA) is 38.9 Å². The third-order valence-electron chi connectivity index (χ3n) is 2.06. The molecule has 0 bridgehead atoms. The van der Waals surface area contributed by atoms with Crippen LogP contribution in [0.1, 0.15) is 37.8 Å². The number of halogens is 2. The van der Waals surface area contributed by atoms with Crippen molar-refractivity contribution in [3.8, 4) is 0 Å². The lowest BCUT2D eigenvalue weighted by Gasteiger charge is -2.11. The molecule has 80 valence electrons. The van der Waals surface area contributed by atoms with Crippen LogP contribution >= 0.6 is 28.3 Å². The number of pyridine rings is 1. The molecule has 1 heterocycles. The molecule has 1 aromatic rings. The molecule has 0 aliphatic carbocycles. The molecule has 0 spiro atoms. The minimum atomic E-state index is 0. The van der Waals surface area contributed by atoms with E-state index in [1.165, 1.54) is 12.8 Å². The lowest BCUT2D eigenvalue weighted by molar-refractivity contribution is 0.599. The van der Waals surface area contributed by atoms with Crippen molar-refractivity contribution in [2.75, 3.05) is 0 Å². The normalized spacial score (nSPS) is 11.9. The van der Waals surface area contributed by atoms with Crippen LogP contribution in [-0.2, 0) is 0 Å². The van der Waals surface area contributed by atoms with Crippen molar-refractivity contribution in [1.29, 1.82) is 0 Å². The zero-order chi connectivity index (χ0) is 9.68. The fourth-order valence-corrected chi connectivity index (χ4v) is 1.80. The van der Waals surface area contributed by atoms with Gasteiger partial charge in [0, 0.05) is 17.8 Å². The standard InChI is InChI=1S/C10H15BrN2.ClH/c1-2-3-6-9(12)8-5-4-7-13-10(8)11;/h4-5,7,9H,2-3,6,12H2,1H3;1H/t9-;/m1./s1. The first-order valence-corrected chi connectivity index (χ1v) is 5.41. The number of aromatic nitrogens is 1. The zero-order valence-electron chi connectivity index (χ0n) is 8.24. The molecule has 2 N–H and O–H groups in total. The second-order valence-electron chi connectivity index (χ2n) is 3.13. The lowest BCUT2D eigenvalue weighted by Crippen LogP contribution is -2.11. The Balaban J connectivity index is 0.00000169. The molecule has 2 nitrogen and oxygen atoms in total. The van der Waals surface area contributed by atoms with Crippen LogP contribution in [0.25, 0.3) is 0 Å². The summed E-state index contributed by atoms with van der Waals surface area (Å²) in [7, 11) is 0. The van der Waals surface area contributed by atoms with Crippen LogP contribution in [0.5, 0.6) is 0 Å². The number of unbranched alkanes of at least 4 members (excludes halogenated alkanes) is 1. The molecule has 0 aromatic carbocycles. The van der Waals surface area contributed by atoms with Crippen molar-refractivity contribution in [3.05, 3.63) is 28.5 Å². The van der Waals surface area contributed by atoms with Gasteiger partial charge >= 0.3 is 0 Å². The van der Waals surface area contributed by atoms with E-state index in [9.17, 15) is 0 Å². The average molecular weight is 280 g/mol. The molecule has 4 heteroatoms. The fraction of sp³-hybridized carbons (Fsp3) is 0.500. The molecular weight excluding hydrogens is 263 g/mol. The van der Waals surface area contributed by atoms with Gasteiger partial charge in [0.2, 0.25) is 0 Å². The van der Waals surface area contributed by atoms with Gasteiger partial charge in [-0.1, -0.05) is 25.8 Å². The summed E-state index contributed by atoms with van der Waals surface area (Å²) in [6.07, 6.45) is 5.15. The van der Waals surface area contributed by atoms with E-state index in [-0.39, 0.29) is 18.4 Å². The molecule has 0 aliphatic rings. The maximum Gasteiger partial charge on any atom is 0.110 e. The van der Waals surface area contributed by atoms with Gasteiger partial charge in [-0.15, -0.1) is 12.4 Å². The summed E-state index contributed by atoms with van der Waals surface area (Å²) in [5.74, 6) is 0. The SMILES string of the molecule is CCCC[C@@H](N)c1cccnc1Br.Cl. The van der Waals surface area contributed by atoms with Crippen molar-refractivity contribution < 1.29 is 0 Å². The second kappa shape index (κ2) is 7.21. The number of hydrogen-bond donors (Lipinski definition) is 1. The number of nitrogens with two attached hydrogens (primary N) is 1. The van der Waals surface area contributed by atoms with Crippen LogP contribution in [0, 0.1) is 0 Å². The van der Waals surface area contributed by atoms with Crippen molar-refractivity contribution in [1.82, 2.24) is 4.98 Å². The fourth-order valence-electron chi connectivity index (χ4n) is 1.25. The number of nitrogens with zero attached hydrogens (tertiary/aromatic N) is 1. The molecule has 14 heavy (non-hydrogen) atoms. The molecule has 0 amide bonds. The highest BCUT2D eigenvalue weighted by Crippen LogP contribution is 2.22. The van der Waals surface area contributed by atoms with Gasteiger partial charge in [-0.2, -0.15) is 0 Å². The maximum atomic E-state index is 6.01. The van der Waals surface area contributed by atoms with E-state index in [1.54, 1.807) is 6.20 Å². The highest BCUT2D eigenvalue weighted by atomic mass is 79.9. The first kappa shape index (κ1) is 13.9.